The lowest BCUT2D eigenvalue weighted by atomic mass is 9.73. The fraction of sp³-hybridized carbons (Fsp3) is 0.429. The Labute approximate surface area is 405 Å². The zero-order valence-electron chi connectivity index (χ0n) is 39.0. The molecule has 0 saturated heterocycles. The number of aliphatic carboxylic acids is 1. The van der Waals surface area contributed by atoms with Crippen LogP contribution in [0.5, 0.6) is 5.75 Å². The number of aromatic amines is 1. The van der Waals surface area contributed by atoms with E-state index in [1.165, 1.54) is 0 Å². The summed E-state index contributed by atoms with van der Waals surface area (Å²) in [7, 11) is 0. The van der Waals surface area contributed by atoms with E-state index in [0.29, 0.717) is 43.4 Å². The number of carbonyl (C=O) groups is 7. The molecule has 1 aliphatic rings. The predicted octanol–water partition coefficient (Wildman–Crippen LogP) is 0.281. The minimum Gasteiger partial charge on any atom is -0.508 e. The maximum Gasteiger partial charge on any atom is 0.305 e. The number of carboxylic acids is 1. The molecule has 1 aliphatic carbocycles. The number of hydrogen-bond acceptors (Lipinski definition) is 11. The fourth-order valence-electron chi connectivity index (χ4n) is 8.66. The average Bonchev–Trinajstić information content (AvgIpc) is 3.74. The van der Waals surface area contributed by atoms with Crippen molar-refractivity contribution in [3.63, 3.8) is 0 Å². The third-order valence-electron chi connectivity index (χ3n) is 12.6. The summed E-state index contributed by atoms with van der Waals surface area (Å²) in [4.78, 5) is 103. The Kier molecular flexibility index (Phi) is 19.6. The molecule has 6 amide bonds. The van der Waals surface area contributed by atoms with Gasteiger partial charge in [0, 0.05) is 36.5 Å². The van der Waals surface area contributed by atoms with Gasteiger partial charge in [-0.25, -0.2) is 0 Å². The Hall–Kier alpha value is -7.52. The van der Waals surface area contributed by atoms with E-state index in [9.17, 15) is 43.8 Å². The molecule has 1 saturated carbocycles. The Balaban J connectivity index is 1.45. The number of para-hydroxylation sites is 1. The number of phenolic OH excluding ortho intramolecular Hbond substituents is 1. The second-order valence-corrected chi connectivity index (χ2v) is 17.7. The van der Waals surface area contributed by atoms with Crippen molar-refractivity contribution in [3.8, 4) is 5.75 Å². The number of nitrogens with one attached hydrogen (secondary N) is 6. The van der Waals surface area contributed by atoms with Gasteiger partial charge in [-0.05, 0) is 105 Å². The van der Waals surface area contributed by atoms with E-state index >= 15 is 0 Å². The second kappa shape index (κ2) is 25.7. The van der Waals surface area contributed by atoms with Gasteiger partial charge in [-0.2, -0.15) is 0 Å². The van der Waals surface area contributed by atoms with Crippen LogP contribution in [0.25, 0.3) is 10.9 Å². The number of amides is 6. The van der Waals surface area contributed by atoms with Gasteiger partial charge in [-0.15, -0.1) is 0 Å². The highest BCUT2D eigenvalue weighted by atomic mass is 16.4. The molecule has 0 spiro atoms. The lowest BCUT2D eigenvalue weighted by molar-refractivity contribution is -0.141. The molecule has 1 fully saturated rings. The summed E-state index contributed by atoms with van der Waals surface area (Å²) in [5, 5.41) is 33.9. The van der Waals surface area contributed by atoms with Gasteiger partial charge in [0.15, 0.2) is 5.96 Å². The van der Waals surface area contributed by atoms with Crippen molar-refractivity contribution in [2.45, 2.75) is 119 Å². The first-order chi connectivity index (χ1) is 33.5. The van der Waals surface area contributed by atoms with Gasteiger partial charge in [-0.1, -0.05) is 60.7 Å². The molecule has 1 aromatic heterocycles. The molecular formula is C49H66N12O9. The van der Waals surface area contributed by atoms with Crippen LogP contribution in [0.3, 0.4) is 0 Å². The maximum absolute atomic E-state index is 14.8. The number of rotatable bonds is 26. The number of aromatic hydroxyl groups is 1. The van der Waals surface area contributed by atoms with Crippen molar-refractivity contribution in [1.29, 1.82) is 0 Å². The highest BCUT2D eigenvalue weighted by molar-refractivity contribution is 5.99. The van der Waals surface area contributed by atoms with Crippen LogP contribution in [-0.2, 0) is 46.4 Å². The Morgan fingerprint density at radius 2 is 1.31 bits per heavy atom. The van der Waals surface area contributed by atoms with Crippen LogP contribution in [-0.4, -0.2) is 111 Å². The van der Waals surface area contributed by atoms with E-state index in [-0.39, 0.29) is 69.1 Å². The van der Waals surface area contributed by atoms with Crippen LogP contribution in [0.4, 0.5) is 0 Å². The molecule has 5 rings (SSSR count). The number of fused-ring (bicyclic) bond motifs is 1. The molecule has 21 heteroatoms. The van der Waals surface area contributed by atoms with Gasteiger partial charge in [-0.3, -0.25) is 38.6 Å². The third-order valence-corrected chi connectivity index (χ3v) is 12.6. The molecule has 376 valence electrons. The van der Waals surface area contributed by atoms with Crippen LogP contribution in [0.15, 0.2) is 90.1 Å². The standard InChI is InChI=1S/C49H66N12O9/c50-23-7-6-13-37(42(52)65)57-46(69)40(26-32-28-56-36-12-5-4-11-34(32)36)59-44(67)38(14-8-24-55-48(53)54)58-45(68)39(25-29-9-2-1-3-10-29)60-47(70)49(61-43(66)35(51)27-41(63)64)21-19-31(20-22-49)30-15-17-33(62)18-16-30/h1-5,9-12,15-18,28,31,35,37-40,56,62H,6-8,13-14,19-27,50-51H2,(H2,52,65)(H,57,69)(H,58,68)(H,59,67)(H,60,70)(H,61,66)(H,63,64)(H4,53,54,55)/t31?,35-,37-,38-,39+,40-,49?/m0/s1. The Morgan fingerprint density at radius 3 is 1.96 bits per heavy atom. The zero-order valence-corrected chi connectivity index (χ0v) is 39.0. The number of carbonyl (C=O) groups excluding carboxylic acids is 6. The summed E-state index contributed by atoms with van der Waals surface area (Å²) in [5.74, 6) is -6.11. The number of guanidine groups is 1. The largest absolute Gasteiger partial charge is 0.508 e. The monoisotopic (exact) mass is 967 g/mol. The van der Waals surface area contributed by atoms with Crippen LogP contribution < -0.4 is 55.3 Å². The van der Waals surface area contributed by atoms with E-state index in [1.807, 2.05) is 24.3 Å². The smallest absolute Gasteiger partial charge is 0.305 e. The van der Waals surface area contributed by atoms with E-state index in [2.05, 4.69) is 36.6 Å². The van der Waals surface area contributed by atoms with E-state index < -0.39 is 83.6 Å². The van der Waals surface area contributed by atoms with Gasteiger partial charge in [0.05, 0.1) is 12.5 Å². The van der Waals surface area contributed by atoms with E-state index in [1.54, 1.807) is 60.8 Å². The maximum atomic E-state index is 14.8. The van der Waals surface area contributed by atoms with Gasteiger partial charge >= 0.3 is 5.97 Å². The molecule has 3 aromatic carbocycles. The van der Waals surface area contributed by atoms with Crippen LogP contribution >= 0.6 is 0 Å². The predicted molar refractivity (Wildman–Crippen MR) is 262 cm³/mol. The van der Waals surface area contributed by atoms with Crippen molar-refractivity contribution in [3.05, 3.63) is 102 Å². The summed E-state index contributed by atoms with van der Waals surface area (Å²) in [5.41, 5.74) is 29.9. The first kappa shape index (κ1) is 53.4. The van der Waals surface area contributed by atoms with Gasteiger partial charge in [0.2, 0.25) is 35.4 Å². The number of nitrogens with zero attached hydrogens (tertiary/aromatic N) is 1. The zero-order chi connectivity index (χ0) is 50.8. The number of primary amides is 1. The molecule has 0 bridgehead atoms. The fourth-order valence-corrected chi connectivity index (χ4v) is 8.66. The summed E-state index contributed by atoms with van der Waals surface area (Å²) in [6, 6.07) is 16.3. The Morgan fingerprint density at radius 1 is 0.714 bits per heavy atom. The number of nitrogens with two attached hydrogens (primary N) is 5. The second-order valence-electron chi connectivity index (χ2n) is 17.7. The molecule has 4 aromatic rings. The first-order valence-corrected chi connectivity index (χ1v) is 23.4. The molecule has 0 radical (unpaired) electrons. The highest BCUT2D eigenvalue weighted by Gasteiger charge is 2.45. The number of aromatic nitrogens is 1. The van der Waals surface area contributed by atoms with Gasteiger partial charge in [0.1, 0.15) is 35.5 Å². The normalized spacial score (nSPS) is 17.7. The summed E-state index contributed by atoms with van der Waals surface area (Å²) >= 11 is 0. The van der Waals surface area contributed by atoms with Gasteiger partial charge in [0.25, 0.3) is 0 Å². The van der Waals surface area contributed by atoms with Crippen LogP contribution in [0.1, 0.15) is 86.8 Å². The molecule has 21 nitrogen and oxygen atoms in total. The molecule has 0 unspecified atom stereocenters. The SMILES string of the molecule is NCCCC[C@H](NC(=O)[C@H](Cc1c[nH]c2ccccc12)NC(=O)[C@H](CCCN=C(N)N)NC(=O)[C@@H](Cc1ccccc1)NC(=O)C1(NC(=O)[C@@H](N)CC(=O)O)CCC(c2ccc(O)cc2)CC1)C(N)=O. The minimum absolute atomic E-state index is 0.0330. The molecule has 5 atom stereocenters. The lowest BCUT2D eigenvalue weighted by Crippen LogP contribution is -2.65. The third kappa shape index (κ3) is 15.5. The van der Waals surface area contributed by atoms with Crippen molar-refractivity contribution in [2.24, 2.45) is 33.7 Å². The van der Waals surface area contributed by atoms with Crippen molar-refractivity contribution >= 4 is 58.3 Å². The molecule has 70 heavy (non-hydrogen) atoms. The number of phenols is 1. The highest BCUT2D eigenvalue weighted by Crippen LogP contribution is 2.39. The molecular weight excluding hydrogens is 901 g/mol. The Bertz CT molecular complexity index is 2450. The van der Waals surface area contributed by atoms with Crippen molar-refractivity contribution < 1.29 is 43.8 Å². The first-order valence-electron chi connectivity index (χ1n) is 23.4. The van der Waals surface area contributed by atoms with Crippen molar-refractivity contribution in [1.82, 2.24) is 31.6 Å². The summed E-state index contributed by atoms with van der Waals surface area (Å²) in [6.07, 6.45) is 3.30. The topological polar surface area (TPSA) is 378 Å². The van der Waals surface area contributed by atoms with E-state index in [4.69, 9.17) is 28.7 Å². The summed E-state index contributed by atoms with van der Waals surface area (Å²) < 4.78 is 0. The number of hydrogen-bond donors (Lipinski definition) is 13. The lowest BCUT2D eigenvalue weighted by Gasteiger charge is -2.41. The number of benzene rings is 3. The number of carboxylic acid groups (broad SMARTS) is 1. The average molecular weight is 967 g/mol. The van der Waals surface area contributed by atoms with Crippen LogP contribution in [0, 0.1) is 0 Å². The molecule has 0 aliphatic heterocycles. The van der Waals surface area contributed by atoms with Crippen molar-refractivity contribution in [2.75, 3.05) is 13.1 Å². The molecule has 18 N–H and O–H groups in total. The van der Waals surface area contributed by atoms with Crippen LogP contribution in [0.2, 0.25) is 0 Å². The number of unbranched alkanes of at least 4 members (excludes halogenated alkanes) is 1. The number of aliphatic imine (C=N–C) groups is 1. The minimum atomic E-state index is -1.64. The summed E-state index contributed by atoms with van der Waals surface area (Å²) in [6.45, 7) is 0.444. The quantitative estimate of drug-likeness (QED) is 0.0229. The number of H-pyrrole nitrogens is 1. The van der Waals surface area contributed by atoms with Gasteiger partial charge < -0.3 is 70.4 Å². The van der Waals surface area contributed by atoms with E-state index in [0.717, 1.165) is 16.5 Å². The molecule has 1 heterocycles.